The van der Waals surface area contributed by atoms with Gasteiger partial charge in [-0.3, -0.25) is 4.90 Å². The van der Waals surface area contributed by atoms with Gasteiger partial charge in [-0.2, -0.15) is 0 Å². The molecule has 0 bridgehead atoms. The summed E-state index contributed by atoms with van der Waals surface area (Å²) < 4.78 is 13.7. The lowest BCUT2D eigenvalue weighted by molar-refractivity contribution is 0.121. The number of hydrogen-bond donors (Lipinski definition) is 1. The molecular weight excluding hydrogens is 239 g/mol. The molecule has 1 aromatic carbocycles. The summed E-state index contributed by atoms with van der Waals surface area (Å²) in [6.07, 6.45) is 4.66. The second-order valence-electron chi connectivity index (χ2n) is 5.61. The van der Waals surface area contributed by atoms with Gasteiger partial charge in [0.2, 0.25) is 0 Å². The summed E-state index contributed by atoms with van der Waals surface area (Å²) >= 11 is 0. The van der Waals surface area contributed by atoms with Gasteiger partial charge in [0.25, 0.3) is 0 Å². The van der Waals surface area contributed by atoms with Crippen molar-refractivity contribution in [3.8, 4) is 0 Å². The highest BCUT2D eigenvalue weighted by atomic mass is 19.1. The SMILES string of the molecule is CCCCCC(C)(CN)N(C)Cc1ccccc1F. The number of hydrogen-bond acceptors (Lipinski definition) is 2. The summed E-state index contributed by atoms with van der Waals surface area (Å²) in [5.41, 5.74) is 6.62. The molecule has 0 saturated carbocycles. The van der Waals surface area contributed by atoms with Gasteiger partial charge >= 0.3 is 0 Å². The van der Waals surface area contributed by atoms with Crippen LogP contribution < -0.4 is 5.73 Å². The Hall–Kier alpha value is -0.930. The minimum absolute atomic E-state index is 0.0581. The van der Waals surface area contributed by atoms with E-state index in [1.54, 1.807) is 6.07 Å². The molecule has 0 aliphatic heterocycles. The number of unbranched alkanes of at least 4 members (excludes halogenated alkanes) is 2. The number of nitrogens with zero attached hydrogens (tertiary/aromatic N) is 1. The lowest BCUT2D eigenvalue weighted by Crippen LogP contribution is -2.49. The summed E-state index contributed by atoms with van der Waals surface area (Å²) in [4.78, 5) is 2.18. The van der Waals surface area contributed by atoms with Crippen LogP contribution in [0.3, 0.4) is 0 Å². The molecule has 0 aromatic heterocycles. The average Bonchev–Trinajstić information content (AvgIpc) is 2.41. The molecule has 1 aromatic rings. The van der Waals surface area contributed by atoms with Crippen molar-refractivity contribution in [2.24, 2.45) is 5.73 Å². The predicted octanol–water partition coefficient (Wildman–Crippen LogP) is 3.56. The maximum Gasteiger partial charge on any atom is 0.127 e. The van der Waals surface area contributed by atoms with Gasteiger partial charge in [-0.15, -0.1) is 0 Å². The van der Waals surface area contributed by atoms with E-state index in [4.69, 9.17) is 5.73 Å². The normalized spacial score (nSPS) is 14.6. The van der Waals surface area contributed by atoms with Crippen LogP contribution in [-0.4, -0.2) is 24.0 Å². The summed E-state index contributed by atoms with van der Waals surface area (Å²) in [5.74, 6) is -0.137. The molecule has 1 atom stereocenters. The minimum Gasteiger partial charge on any atom is -0.329 e. The summed E-state index contributed by atoms with van der Waals surface area (Å²) in [6.45, 7) is 5.57. The number of benzene rings is 1. The molecule has 1 rings (SSSR count). The van der Waals surface area contributed by atoms with Crippen LogP contribution >= 0.6 is 0 Å². The molecule has 0 radical (unpaired) electrons. The van der Waals surface area contributed by atoms with Crippen LogP contribution in [0.1, 0.15) is 45.1 Å². The Balaban J connectivity index is 2.67. The van der Waals surface area contributed by atoms with Gasteiger partial charge in [0.15, 0.2) is 0 Å². The van der Waals surface area contributed by atoms with Crippen molar-refractivity contribution in [1.82, 2.24) is 4.90 Å². The topological polar surface area (TPSA) is 29.3 Å². The van der Waals surface area contributed by atoms with E-state index >= 15 is 0 Å². The average molecular weight is 266 g/mol. The van der Waals surface area contributed by atoms with Gasteiger partial charge < -0.3 is 5.73 Å². The Labute approximate surface area is 116 Å². The van der Waals surface area contributed by atoms with Crippen molar-refractivity contribution in [3.63, 3.8) is 0 Å². The quantitative estimate of drug-likeness (QED) is 0.729. The van der Waals surface area contributed by atoms with E-state index in [1.807, 2.05) is 19.2 Å². The van der Waals surface area contributed by atoms with Crippen molar-refractivity contribution < 1.29 is 4.39 Å². The van der Waals surface area contributed by atoms with Gasteiger partial charge in [-0.1, -0.05) is 44.4 Å². The van der Waals surface area contributed by atoms with E-state index in [-0.39, 0.29) is 11.4 Å². The van der Waals surface area contributed by atoms with E-state index < -0.39 is 0 Å². The molecule has 0 spiro atoms. The third kappa shape index (κ3) is 4.59. The van der Waals surface area contributed by atoms with Gasteiger partial charge in [0.1, 0.15) is 5.82 Å². The van der Waals surface area contributed by atoms with Crippen LogP contribution in [0.15, 0.2) is 24.3 Å². The maximum atomic E-state index is 13.7. The van der Waals surface area contributed by atoms with E-state index in [0.717, 1.165) is 12.0 Å². The van der Waals surface area contributed by atoms with Crippen molar-refractivity contribution >= 4 is 0 Å². The Morgan fingerprint density at radius 3 is 2.53 bits per heavy atom. The highest BCUT2D eigenvalue weighted by Crippen LogP contribution is 2.23. The second-order valence-corrected chi connectivity index (χ2v) is 5.61. The molecule has 108 valence electrons. The fourth-order valence-corrected chi connectivity index (χ4v) is 2.28. The first-order valence-electron chi connectivity index (χ1n) is 7.18. The molecule has 3 heteroatoms. The first-order chi connectivity index (χ1) is 9.03. The molecule has 2 nitrogen and oxygen atoms in total. The van der Waals surface area contributed by atoms with E-state index in [1.165, 1.54) is 25.3 Å². The lowest BCUT2D eigenvalue weighted by atomic mass is 9.92. The largest absolute Gasteiger partial charge is 0.329 e. The molecule has 0 heterocycles. The third-order valence-electron chi connectivity index (χ3n) is 4.05. The van der Waals surface area contributed by atoms with E-state index in [2.05, 4.69) is 18.7 Å². The van der Waals surface area contributed by atoms with Gasteiger partial charge in [0, 0.05) is 24.2 Å². The molecule has 0 fully saturated rings. The summed E-state index contributed by atoms with van der Waals surface area (Å²) in [7, 11) is 2.03. The Morgan fingerprint density at radius 2 is 1.95 bits per heavy atom. The Bertz CT molecular complexity index is 381. The Kier molecular flexibility index (Phi) is 6.46. The number of nitrogens with two attached hydrogens (primary N) is 1. The van der Waals surface area contributed by atoms with E-state index in [0.29, 0.717) is 13.1 Å². The van der Waals surface area contributed by atoms with Crippen molar-refractivity contribution in [1.29, 1.82) is 0 Å². The van der Waals surface area contributed by atoms with Crippen molar-refractivity contribution in [2.75, 3.05) is 13.6 Å². The van der Waals surface area contributed by atoms with Crippen molar-refractivity contribution in [2.45, 2.75) is 51.6 Å². The van der Waals surface area contributed by atoms with Gasteiger partial charge in [-0.05, 0) is 26.5 Å². The fraction of sp³-hybridized carbons (Fsp3) is 0.625. The van der Waals surface area contributed by atoms with Gasteiger partial charge in [-0.25, -0.2) is 4.39 Å². The molecule has 19 heavy (non-hydrogen) atoms. The van der Waals surface area contributed by atoms with Gasteiger partial charge in [0.05, 0.1) is 0 Å². The molecular formula is C16H27FN2. The first-order valence-corrected chi connectivity index (χ1v) is 7.18. The zero-order chi connectivity index (χ0) is 14.3. The molecule has 1 unspecified atom stereocenters. The maximum absolute atomic E-state index is 13.7. The monoisotopic (exact) mass is 266 g/mol. The van der Waals surface area contributed by atoms with Crippen LogP contribution in [0, 0.1) is 5.82 Å². The first kappa shape index (κ1) is 16.1. The number of rotatable bonds is 8. The highest BCUT2D eigenvalue weighted by molar-refractivity contribution is 5.17. The van der Waals surface area contributed by atoms with Crippen LogP contribution in [0.5, 0.6) is 0 Å². The zero-order valence-electron chi connectivity index (χ0n) is 12.5. The summed E-state index contributed by atoms with van der Waals surface area (Å²) in [5, 5.41) is 0. The lowest BCUT2D eigenvalue weighted by Gasteiger charge is -2.38. The zero-order valence-corrected chi connectivity index (χ0v) is 12.5. The summed E-state index contributed by atoms with van der Waals surface area (Å²) in [6, 6.07) is 6.96. The third-order valence-corrected chi connectivity index (χ3v) is 4.05. The van der Waals surface area contributed by atoms with Crippen LogP contribution in [-0.2, 0) is 6.54 Å². The predicted molar refractivity (Wildman–Crippen MR) is 79.5 cm³/mol. The molecule has 0 amide bonds. The van der Waals surface area contributed by atoms with Crippen molar-refractivity contribution in [3.05, 3.63) is 35.6 Å². The Morgan fingerprint density at radius 1 is 1.26 bits per heavy atom. The fourth-order valence-electron chi connectivity index (χ4n) is 2.28. The molecule has 0 saturated heterocycles. The second kappa shape index (κ2) is 7.61. The molecule has 0 aliphatic rings. The van der Waals surface area contributed by atoms with Crippen LogP contribution in [0.25, 0.3) is 0 Å². The molecule has 2 N–H and O–H groups in total. The van der Waals surface area contributed by atoms with Crippen LogP contribution in [0.2, 0.25) is 0 Å². The highest BCUT2D eigenvalue weighted by Gasteiger charge is 2.27. The van der Waals surface area contributed by atoms with E-state index in [9.17, 15) is 4.39 Å². The smallest absolute Gasteiger partial charge is 0.127 e. The number of likely N-dealkylation sites (N-methyl/N-ethyl adjacent to an activating group) is 1. The standard InChI is InChI=1S/C16H27FN2/c1-4-5-8-11-16(2,13-18)19(3)12-14-9-6-7-10-15(14)17/h6-7,9-10H,4-5,8,11-13,18H2,1-3H3. The number of halogens is 1. The molecule has 0 aliphatic carbocycles. The minimum atomic E-state index is -0.137. The van der Waals surface area contributed by atoms with Crippen LogP contribution in [0.4, 0.5) is 4.39 Å².